The van der Waals surface area contributed by atoms with E-state index >= 15 is 0 Å². The van der Waals surface area contributed by atoms with Gasteiger partial charge in [-0.05, 0) is 87.4 Å². The number of hydrogen-bond donors (Lipinski definition) is 0. The maximum absolute atomic E-state index is 12.3. The minimum Gasteiger partial charge on any atom is -0.465 e. The van der Waals surface area contributed by atoms with E-state index in [0.717, 1.165) is 44.9 Å². The number of carbonyl (C=O) groups excluding carboxylic acids is 6. The first-order chi connectivity index (χ1) is 20.7. The molecule has 4 rings (SSSR count). The number of amides is 4. The van der Waals surface area contributed by atoms with Crippen LogP contribution in [0.15, 0.2) is 24.3 Å². The second-order valence-corrected chi connectivity index (χ2v) is 12.7. The molecule has 4 amide bonds. The summed E-state index contributed by atoms with van der Waals surface area (Å²) in [6.07, 6.45) is 15.5. The predicted molar refractivity (Wildman–Crippen MR) is 157 cm³/mol. The molecule has 2 aliphatic carbocycles. The molecule has 5 unspecified atom stereocenters. The Bertz CT molecular complexity index is 1080. The molecule has 0 radical (unpaired) electrons. The zero-order valence-electron chi connectivity index (χ0n) is 25.4. The third-order valence-electron chi connectivity index (χ3n) is 9.52. The quantitative estimate of drug-likeness (QED) is 0.139. The fourth-order valence-corrected chi connectivity index (χ4v) is 7.16. The van der Waals surface area contributed by atoms with Gasteiger partial charge in [0.05, 0.1) is 13.2 Å². The van der Waals surface area contributed by atoms with Gasteiger partial charge < -0.3 is 9.47 Å². The van der Waals surface area contributed by atoms with Crippen molar-refractivity contribution in [2.45, 2.75) is 90.4 Å². The minimum atomic E-state index is -0.267. The Kier molecular flexibility index (Phi) is 12.1. The summed E-state index contributed by atoms with van der Waals surface area (Å²) in [4.78, 5) is 73.2. The Morgan fingerprint density at radius 1 is 0.651 bits per heavy atom. The number of imide groups is 2. The lowest BCUT2D eigenvalue weighted by molar-refractivity contribution is -0.146. The summed E-state index contributed by atoms with van der Waals surface area (Å²) in [6, 6.07) is 0. The Balaban J connectivity index is 1.02. The maximum Gasteiger partial charge on any atom is 0.305 e. The fourth-order valence-electron chi connectivity index (χ4n) is 7.16. The molecule has 2 fully saturated rings. The van der Waals surface area contributed by atoms with E-state index in [4.69, 9.17) is 9.47 Å². The largest absolute Gasteiger partial charge is 0.465 e. The summed E-state index contributed by atoms with van der Waals surface area (Å²) >= 11 is 0. The predicted octanol–water partition coefficient (Wildman–Crippen LogP) is 4.12. The van der Waals surface area contributed by atoms with Crippen molar-refractivity contribution in [3.8, 4) is 0 Å². The standard InChI is InChI=1S/C33H46N2O8/c1-23-18-25(22-43-33(41)9-5-3-7-17-35-30(38)14-15-31(35)39)20-27(23)26-11-10-24(19-26)21-42-32(40)8-4-2-6-16-34-28(36)12-13-29(34)37/h12-15,23-27H,2-11,16-22H2,1H3. The molecule has 0 aromatic rings. The van der Waals surface area contributed by atoms with Crippen molar-refractivity contribution >= 4 is 35.6 Å². The third-order valence-corrected chi connectivity index (χ3v) is 9.52. The van der Waals surface area contributed by atoms with Crippen LogP contribution in [-0.4, -0.2) is 71.7 Å². The van der Waals surface area contributed by atoms with Crippen LogP contribution in [0, 0.1) is 29.6 Å². The Morgan fingerprint density at radius 3 is 1.65 bits per heavy atom. The monoisotopic (exact) mass is 598 g/mol. The number of ether oxygens (including phenoxy) is 2. The highest BCUT2D eigenvalue weighted by Gasteiger charge is 2.40. The number of rotatable bonds is 17. The van der Waals surface area contributed by atoms with Crippen LogP contribution in [0.1, 0.15) is 90.4 Å². The molecule has 10 heteroatoms. The van der Waals surface area contributed by atoms with E-state index in [9.17, 15) is 28.8 Å². The molecule has 2 saturated carbocycles. The van der Waals surface area contributed by atoms with E-state index in [1.165, 1.54) is 34.1 Å². The Morgan fingerprint density at radius 2 is 1.14 bits per heavy atom. The smallest absolute Gasteiger partial charge is 0.305 e. The van der Waals surface area contributed by atoms with Gasteiger partial charge in [0.1, 0.15) is 0 Å². The lowest BCUT2D eigenvalue weighted by Crippen LogP contribution is -2.30. The molecule has 0 spiro atoms. The van der Waals surface area contributed by atoms with Crippen LogP contribution in [-0.2, 0) is 38.2 Å². The van der Waals surface area contributed by atoms with Crippen molar-refractivity contribution in [2.75, 3.05) is 26.3 Å². The van der Waals surface area contributed by atoms with Crippen molar-refractivity contribution in [3.05, 3.63) is 24.3 Å². The molecule has 43 heavy (non-hydrogen) atoms. The first kappa shape index (κ1) is 32.6. The van der Waals surface area contributed by atoms with Gasteiger partial charge in [-0.1, -0.05) is 19.8 Å². The van der Waals surface area contributed by atoms with Crippen LogP contribution in [0.25, 0.3) is 0 Å². The van der Waals surface area contributed by atoms with Gasteiger partial charge in [-0.3, -0.25) is 38.6 Å². The van der Waals surface area contributed by atoms with Crippen LogP contribution in [0.5, 0.6) is 0 Å². The molecule has 2 heterocycles. The van der Waals surface area contributed by atoms with Gasteiger partial charge in [0.25, 0.3) is 23.6 Å². The number of carbonyl (C=O) groups is 6. The number of nitrogens with zero attached hydrogens (tertiary/aromatic N) is 2. The number of hydrogen-bond acceptors (Lipinski definition) is 8. The molecule has 0 saturated heterocycles. The fraction of sp³-hybridized carbons (Fsp3) is 0.697. The van der Waals surface area contributed by atoms with Crippen LogP contribution < -0.4 is 0 Å². The molecule has 0 aromatic carbocycles. The maximum atomic E-state index is 12.3. The van der Waals surface area contributed by atoms with Crippen LogP contribution in [0.4, 0.5) is 0 Å². The first-order valence-corrected chi connectivity index (χ1v) is 16.1. The molecule has 236 valence electrons. The van der Waals surface area contributed by atoms with Gasteiger partial charge in [0, 0.05) is 50.2 Å². The minimum absolute atomic E-state index is 0.177. The molecule has 5 atom stereocenters. The zero-order chi connectivity index (χ0) is 30.8. The van der Waals surface area contributed by atoms with E-state index < -0.39 is 0 Å². The van der Waals surface area contributed by atoms with E-state index in [0.29, 0.717) is 94.4 Å². The molecular formula is C33H46N2O8. The molecule has 0 bridgehead atoms. The normalized spacial score (nSPS) is 26.8. The van der Waals surface area contributed by atoms with Crippen molar-refractivity contribution in [3.63, 3.8) is 0 Å². The average molecular weight is 599 g/mol. The second-order valence-electron chi connectivity index (χ2n) is 12.7. The number of esters is 2. The van der Waals surface area contributed by atoms with E-state index in [2.05, 4.69) is 6.92 Å². The summed E-state index contributed by atoms with van der Waals surface area (Å²) < 4.78 is 11.2. The van der Waals surface area contributed by atoms with Gasteiger partial charge in [-0.15, -0.1) is 0 Å². The van der Waals surface area contributed by atoms with Gasteiger partial charge in [0.2, 0.25) is 0 Å². The SMILES string of the molecule is CC1CC(COC(=O)CCCCCN2C(=O)C=CC2=O)CC1C1CCC(COC(=O)CCCCCN2C(=O)C=CC2=O)C1. The summed E-state index contributed by atoms with van der Waals surface area (Å²) in [7, 11) is 0. The lowest BCUT2D eigenvalue weighted by Gasteiger charge is -2.23. The summed E-state index contributed by atoms with van der Waals surface area (Å²) in [6.45, 7) is 4.02. The molecule has 0 N–H and O–H groups in total. The van der Waals surface area contributed by atoms with Crippen molar-refractivity contribution in [1.82, 2.24) is 9.80 Å². The summed E-state index contributed by atoms with van der Waals surface area (Å²) in [5, 5.41) is 0. The van der Waals surface area contributed by atoms with Crippen LogP contribution >= 0.6 is 0 Å². The highest BCUT2D eigenvalue weighted by Crippen LogP contribution is 2.47. The molecule has 2 aliphatic heterocycles. The van der Waals surface area contributed by atoms with E-state index in [1.54, 1.807) is 0 Å². The van der Waals surface area contributed by atoms with Crippen LogP contribution in [0.2, 0.25) is 0 Å². The van der Waals surface area contributed by atoms with Crippen molar-refractivity contribution in [2.24, 2.45) is 29.6 Å². The number of unbranched alkanes of at least 4 members (excludes halogenated alkanes) is 4. The average Bonchev–Trinajstić information content (AvgIpc) is 3.75. The Labute approximate surface area is 254 Å². The van der Waals surface area contributed by atoms with Gasteiger partial charge in [0.15, 0.2) is 0 Å². The van der Waals surface area contributed by atoms with Gasteiger partial charge >= 0.3 is 11.9 Å². The van der Waals surface area contributed by atoms with Crippen molar-refractivity contribution in [1.29, 1.82) is 0 Å². The Hall–Kier alpha value is -3.30. The van der Waals surface area contributed by atoms with E-state index in [-0.39, 0.29) is 35.6 Å². The molecular weight excluding hydrogens is 552 g/mol. The zero-order valence-corrected chi connectivity index (χ0v) is 25.4. The highest BCUT2D eigenvalue weighted by atomic mass is 16.5. The summed E-state index contributed by atoms with van der Waals surface area (Å²) in [5.74, 6) is 1.18. The van der Waals surface area contributed by atoms with Crippen LogP contribution in [0.3, 0.4) is 0 Å². The topological polar surface area (TPSA) is 127 Å². The summed E-state index contributed by atoms with van der Waals surface area (Å²) in [5.41, 5.74) is 0. The second kappa shape index (κ2) is 16.0. The first-order valence-electron chi connectivity index (χ1n) is 16.1. The van der Waals surface area contributed by atoms with Crippen molar-refractivity contribution < 1.29 is 38.2 Å². The lowest BCUT2D eigenvalue weighted by atomic mass is 9.83. The molecule has 4 aliphatic rings. The van der Waals surface area contributed by atoms with Gasteiger partial charge in [-0.2, -0.15) is 0 Å². The molecule has 0 aromatic heterocycles. The third kappa shape index (κ3) is 9.60. The van der Waals surface area contributed by atoms with Gasteiger partial charge in [-0.25, -0.2) is 0 Å². The van der Waals surface area contributed by atoms with E-state index in [1.807, 2.05) is 0 Å². The molecule has 10 nitrogen and oxygen atoms in total. The highest BCUT2D eigenvalue weighted by molar-refractivity contribution is 6.13.